The van der Waals surface area contributed by atoms with Crippen molar-refractivity contribution in [3.8, 4) is 11.8 Å². The third-order valence-electron chi connectivity index (χ3n) is 2.27. The van der Waals surface area contributed by atoms with E-state index in [0.29, 0.717) is 24.9 Å². The Bertz CT molecular complexity index is 351. The summed E-state index contributed by atoms with van der Waals surface area (Å²) >= 11 is 0.583. The van der Waals surface area contributed by atoms with Crippen molar-refractivity contribution in [1.82, 2.24) is 10.6 Å². The molecular weight excluding hydrogens is 267 g/mol. The smallest absolute Gasteiger partial charge is 0.368 e. The fourth-order valence-electron chi connectivity index (χ4n) is 1.45. The molecule has 0 aromatic rings. The van der Waals surface area contributed by atoms with Crippen molar-refractivity contribution in [2.24, 2.45) is 5.73 Å². The molecule has 4 nitrogen and oxygen atoms in total. The Balaban J connectivity index is 2.85. The molecule has 0 bridgehead atoms. The Morgan fingerprint density at radius 2 is 2.06 bits per heavy atom. The van der Waals surface area contributed by atoms with E-state index in [4.69, 9.17) is 5.73 Å². The van der Waals surface area contributed by atoms with Gasteiger partial charge in [-0.15, -0.1) is 11.8 Å². The van der Waals surface area contributed by atoms with Crippen LogP contribution in [-0.2, 0) is 4.79 Å². The van der Waals surface area contributed by atoms with Crippen molar-refractivity contribution in [1.29, 1.82) is 0 Å². The lowest BCUT2D eigenvalue weighted by Gasteiger charge is -2.26. The number of nitrogens with one attached hydrogen (secondary N) is 2. The normalized spacial score (nSPS) is 26.6. The SMILES string of the molecule is NC(=O)C1NCCNCC#CCSC1C(F)(F)F. The zero-order valence-corrected chi connectivity index (χ0v) is 10.3. The van der Waals surface area contributed by atoms with Crippen LogP contribution in [0.3, 0.4) is 0 Å². The molecule has 0 fully saturated rings. The minimum Gasteiger partial charge on any atom is -0.368 e. The van der Waals surface area contributed by atoms with Crippen molar-refractivity contribution in [3.63, 3.8) is 0 Å². The molecule has 0 saturated heterocycles. The van der Waals surface area contributed by atoms with Crippen molar-refractivity contribution in [2.75, 3.05) is 25.4 Å². The van der Waals surface area contributed by atoms with Crippen molar-refractivity contribution < 1.29 is 18.0 Å². The van der Waals surface area contributed by atoms with E-state index in [0.717, 1.165) is 0 Å². The number of halogens is 3. The summed E-state index contributed by atoms with van der Waals surface area (Å²) in [7, 11) is 0. The van der Waals surface area contributed by atoms with Gasteiger partial charge in [-0.05, 0) is 0 Å². The van der Waals surface area contributed by atoms with Gasteiger partial charge < -0.3 is 16.4 Å². The maximum absolute atomic E-state index is 12.9. The average molecular weight is 281 g/mol. The molecular formula is C10H14F3N3OS. The van der Waals surface area contributed by atoms with Crippen LogP contribution in [0.15, 0.2) is 0 Å². The molecule has 18 heavy (non-hydrogen) atoms. The summed E-state index contributed by atoms with van der Waals surface area (Å²) in [4.78, 5) is 11.2. The lowest BCUT2D eigenvalue weighted by Crippen LogP contribution is -2.54. The van der Waals surface area contributed by atoms with Crippen molar-refractivity contribution in [3.05, 3.63) is 0 Å². The van der Waals surface area contributed by atoms with Crippen molar-refractivity contribution in [2.45, 2.75) is 17.5 Å². The molecule has 0 aromatic heterocycles. The first-order chi connectivity index (χ1) is 8.43. The van der Waals surface area contributed by atoms with Crippen LogP contribution in [0.2, 0.25) is 0 Å². The number of thioether (sulfide) groups is 1. The number of nitrogens with two attached hydrogens (primary N) is 1. The Morgan fingerprint density at radius 1 is 1.33 bits per heavy atom. The van der Waals surface area contributed by atoms with E-state index < -0.39 is 23.4 Å². The van der Waals surface area contributed by atoms with Crippen LogP contribution in [0.4, 0.5) is 13.2 Å². The zero-order chi connectivity index (χ0) is 13.6. The average Bonchev–Trinajstić information content (AvgIpc) is 2.30. The molecule has 4 N–H and O–H groups in total. The first-order valence-electron chi connectivity index (χ1n) is 5.30. The standard InChI is InChI=1S/C10H14F3N3OS/c11-10(12,13)8-7(9(14)17)16-5-4-15-3-1-2-6-18-8/h7-8,15-16H,3-6H2,(H2,14,17). The molecule has 0 aromatic carbocycles. The van der Waals surface area contributed by atoms with Crippen LogP contribution in [0, 0.1) is 11.8 Å². The quantitative estimate of drug-likeness (QED) is 0.577. The molecule has 2 unspecified atom stereocenters. The van der Waals surface area contributed by atoms with Crippen LogP contribution >= 0.6 is 11.8 Å². The predicted molar refractivity (Wildman–Crippen MR) is 63.9 cm³/mol. The minimum absolute atomic E-state index is 0.0112. The molecule has 1 aliphatic rings. The molecule has 0 radical (unpaired) electrons. The minimum atomic E-state index is -4.50. The van der Waals surface area contributed by atoms with E-state index in [1.165, 1.54) is 0 Å². The molecule has 0 saturated carbocycles. The number of rotatable bonds is 1. The Labute approximate surface area is 107 Å². The summed E-state index contributed by atoms with van der Waals surface area (Å²) in [5, 5.41) is 3.58. The van der Waals surface area contributed by atoms with Gasteiger partial charge in [0.15, 0.2) is 0 Å². The van der Waals surface area contributed by atoms with Crippen molar-refractivity contribution >= 4 is 17.7 Å². The highest BCUT2D eigenvalue weighted by Gasteiger charge is 2.47. The van der Waals surface area contributed by atoms with Gasteiger partial charge in [0.1, 0.15) is 11.3 Å². The maximum atomic E-state index is 12.9. The number of alkyl halides is 3. The van der Waals surface area contributed by atoms with Gasteiger partial charge in [-0.2, -0.15) is 13.2 Å². The third-order valence-corrected chi connectivity index (χ3v) is 3.48. The van der Waals surface area contributed by atoms with Gasteiger partial charge in [0.2, 0.25) is 5.91 Å². The molecule has 1 heterocycles. The second-order valence-electron chi connectivity index (χ2n) is 3.64. The molecule has 2 atom stereocenters. The van der Waals surface area contributed by atoms with E-state index in [9.17, 15) is 18.0 Å². The first kappa shape index (κ1) is 15.1. The van der Waals surface area contributed by atoms with Crippen LogP contribution in [0.25, 0.3) is 0 Å². The maximum Gasteiger partial charge on any atom is 0.402 e. The summed E-state index contributed by atoms with van der Waals surface area (Å²) in [6.07, 6.45) is -4.50. The van der Waals surface area contributed by atoms with Gasteiger partial charge in [0.25, 0.3) is 0 Å². The van der Waals surface area contributed by atoms with E-state index >= 15 is 0 Å². The van der Waals surface area contributed by atoms with Gasteiger partial charge in [-0.25, -0.2) is 0 Å². The van der Waals surface area contributed by atoms with Gasteiger partial charge in [-0.1, -0.05) is 11.8 Å². The first-order valence-corrected chi connectivity index (χ1v) is 6.35. The topological polar surface area (TPSA) is 67.2 Å². The molecule has 0 aliphatic carbocycles. The predicted octanol–water partition coefficient (Wildman–Crippen LogP) is -0.299. The zero-order valence-electron chi connectivity index (χ0n) is 9.51. The number of primary amides is 1. The summed E-state index contributed by atoms with van der Waals surface area (Å²) in [5.41, 5.74) is 5.03. The van der Waals surface area contributed by atoms with Crippen LogP contribution in [-0.4, -0.2) is 48.8 Å². The highest BCUT2D eigenvalue weighted by Crippen LogP contribution is 2.32. The number of carbonyl (C=O) groups is 1. The monoisotopic (exact) mass is 281 g/mol. The largest absolute Gasteiger partial charge is 0.402 e. The van der Waals surface area contributed by atoms with Gasteiger partial charge in [0, 0.05) is 13.1 Å². The Kier molecular flexibility index (Phi) is 5.78. The highest BCUT2D eigenvalue weighted by molar-refractivity contribution is 8.00. The number of carbonyl (C=O) groups excluding carboxylic acids is 1. The second-order valence-corrected chi connectivity index (χ2v) is 4.77. The molecule has 8 heteroatoms. The summed E-state index contributed by atoms with van der Waals surface area (Å²) in [6.45, 7) is 1.07. The molecule has 0 spiro atoms. The number of amides is 1. The summed E-state index contributed by atoms with van der Waals surface area (Å²) < 4.78 is 38.6. The Morgan fingerprint density at radius 3 is 2.67 bits per heavy atom. The fraction of sp³-hybridized carbons (Fsp3) is 0.700. The molecule has 102 valence electrons. The molecule has 1 rings (SSSR count). The Hall–Kier alpha value is -0.910. The number of hydrogen-bond acceptors (Lipinski definition) is 4. The fourth-order valence-corrected chi connectivity index (χ4v) is 2.43. The van der Waals surface area contributed by atoms with Crippen LogP contribution in [0.5, 0.6) is 0 Å². The lowest BCUT2D eigenvalue weighted by molar-refractivity contribution is -0.143. The van der Waals surface area contributed by atoms with E-state index in [1.807, 2.05) is 0 Å². The van der Waals surface area contributed by atoms with E-state index in [-0.39, 0.29) is 12.3 Å². The number of hydrogen-bond donors (Lipinski definition) is 3. The van der Waals surface area contributed by atoms with Crippen LogP contribution in [0.1, 0.15) is 0 Å². The van der Waals surface area contributed by atoms with Gasteiger partial charge in [-0.3, -0.25) is 4.79 Å². The highest BCUT2D eigenvalue weighted by atomic mass is 32.2. The van der Waals surface area contributed by atoms with Gasteiger partial charge >= 0.3 is 6.18 Å². The lowest BCUT2D eigenvalue weighted by atomic mass is 10.2. The molecule has 1 aliphatic heterocycles. The van der Waals surface area contributed by atoms with E-state index in [2.05, 4.69) is 22.5 Å². The molecule has 1 amide bonds. The summed E-state index contributed by atoms with van der Waals surface area (Å²) in [5.74, 6) is 4.33. The van der Waals surface area contributed by atoms with Crippen LogP contribution < -0.4 is 16.4 Å². The van der Waals surface area contributed by atoms with E-state index in [1.54, 1.807) is 0 Å². The third kappa shape index (κ3) is 4.76. The second kappa shape index (κ2) is 6.87. The summed E-state index contributed by atoms with van der Waals surface area (Å²) in [6, 6.07) is -1.43. The van der Waals surface area contributed by atoms with Gasteiger partial charge in [0.05, 0.1) is 12.3 Å².